The third kappa shape index (κ3) is 3.09. The summed E-state index contributed by atoms with van der Waals surface area (Å²) in [5.41, 5.74) is 1.68. The summed E-state index contributed by atoms with van der Waals surface area (Å²) >= 11 is 0. The maximum absolute atomic E-state index is 11.1. The van der Waals surface area contributed by atoms with Crippen LogP contribution in [0.5, 0.6) is 0 Å². The van der Waals surface area contributed by atoms with Gasteiger partial charge >= 0.3 is 5.97 Å². The lowest BCUT2D eigenvalue weighted by atomic mass is 10.0. The lowest BCUT2D eigenvalue weighted by molar-refractivity contribution is -0.138. The van der Waals surface area contributed by atoms with Crippen molar-refractivity contribution in [3.05, 3.63) is 11.8 Å². The fraction of sp³-hybridized carbons (Fsp3) is 0.615. The Hall–Kier alpha value is -2.25. The molecule has 114 valence electrons. The second-order valence-corrected chi connectivity index (χ2v) is 5.34. The smallest absolute Gasteiger partial charge is 0.305 e. The van der Waals surface area contributed by atoms with Gasteiger partial charge in [0.25, 0.3) is 0 Å². The summed E-state index contributed by atoms with van der Waals surface area (Å²) < 4.78 is 3.41. The monoisotopic (exact) mass is 292 g/mol. The normalized spacial score (nSPS) is 12.8. The van der Waals surface area contributed by atoms with Crippen LogP contribution in [0.4, 0.5) is 0 Å². The molecule has 2 aromatic rings. The van der Waals surface area contributed by atoms with Gasteiger partial charge < -0.3 is 5.11 Å². The van der Waals surface area contributed by atoms with Crippen molar-refractivity contribution < 1.29 is 9.90 Å². The highest BCUT2D eigenvalue weighted by Gasteiger charge is 2.25. The van der Waals surface area contributed by atoms with Crippen LogP contribution in [0.3, 0.4) is 0 Å². The van der Waals surface area contributed by atoms with Crippen molar-refractivity contribution in [3.63, 3.8) is 0 Å². The van der Waals surface area contributed by atoms with Gasteiger partial charge in [0.05, 0.1) is 18.2 Å². The number of hydrogen-bond donors (Lipinski definition) is 1. The van der Waals surface area contributed by atoms with Gasteiger partial charge in [-0.2, -0.15) is 5.10 Å². The van der Waals surface area contributed by atoms with Gasteiger partial charge in [0, 0.05) is 6.54 Å². The van der Waals surface area contributed by atoms with E-state index < -0.39 is 5.97 Å². The van der Waals surface area contributed by atoms with Crippen molar-refractivity contribution in [3.8, 4) is 11.5 Å². The average molecular weight is 292 g/mol. The molecule has 2 rings (SSSR count). The second-order valence-electron chi connectivity index (χ2n) is 5.34. The quantitative estimate of drug-likeness (QED) is 0.867. The third-order valence-corrected chi connectivity index (χ3v) is 3.39. The summed E-state index contributed by atoms with van der Waals surface area (Å²) in [6, 6.07) is 1.61. The first kappa shape index (κ1) is 15.1. The van der Waals surface area contributed by atoms with Crippen LogP contribution >= 0.6 is 0 Å². The molecule has 1 atom stereocenters. The van der Waals surface area contributed by atoms with Gasteiger partial charge in [0.1, 0.15) is 5.69 Å². The van der Waals surface area contributed by atoms with Crippen LogP contribution in [0, 0.1) is 12.8 Å². The van der Waals surface area contributed by atoms with E-state index in [1.807, 2.05) is 38.4 Å². The van der Waals surface area contributed by atoms with Crippen LogP contribution in [0.2, 0.25) is 0 Å². The third-order valence-electron chi connectivity index (χ3n) is 3.39. The fourth-order valence-electron chi connectivity index (χ4n) is 2.34. The molecular formula is C13H20N6O2. The van der Waals surface area contributed by atoms with Gasteiger partial charge in [0.2, 0.25) is 5.82 Å². The Morgan fingerprint density at radius 2 is 2.14 bits per heavy atom. The van der Waals surface area contributed by atoms with E-state index in [2.05, 4.69) is 20.6 Å². The summed E-state index contributed by atoms with van der Waals surface area (Å²) in [7, 11) is 0. The molecule has 2 heterocycles. The lowest BCUT2D eigenvalue weighted by Crippen LogP contribution is -2.21. The molecule has 21 heavy (non-hydrogen) atoms. The van der Waals surface area contributed by atoms with Crippen molar-refractivity contribution in [1.82, 2.24) is 30.0 Å². The zero-order valence-corrected chi connectivity index (χ0v) is 12.7. The molecule has 8 heteroatoms. The number of hydrogen-bond acceptors (Lipinski definition) is 5. The molecule has 0 aliphatic heterocycles. The number of carboxylic acids is 1. The highest BCUT2D eigenvalue weighted by molar-refractivity contribution is 5.67. The molecule has 0 bridgehead atoms. The first-order chi connectivity index (χ1) is 9.93. The van der Waals surface area contributed by atoms with E-state index in [9.17, 15) is 4.79 Å². The van der Waals surface area contributed by atoms with Crippen molar-refractivity contribution in [1.29, 1.82) is 0 Å². The SMILES string of the molecule is CCn1nc(C)cc1-c1nnnn1C(CC(=O)O)C(C)C. The van der Waals surface area contributed by atoms with Crippen LogP contribution in [0.15, 0.2) is 6.07 Å². The van der Waals surface area contributed by atoms with Gasteiger partial charge in [-0.25, -0.2) is 4.68 Å². The van der Waals surface area contributed by atoms with E-state index >= 15 is 0 Å². The molecule has 0 amide bonds. The largest absolute Gasteiger partial charge is 0.481 e. The van der Waals surface area contributed by atoms with E-state index in [0.717, 1.165) is 11.4 Å². The van der Waals surface area contributed by atoms with E-state index in [0.29, 0.717) is 12.4 Å². The first-order valence-corrected chi connectivity index (χ1v) is 6.98. The predicted molar refractivity (Wildman–Crippen MR) is 75.6 cm³/mol. The number of aliphatic carboxylic acids is 1. The molecule has 0 saturated carbocycles. The summed E-state index contributed by atoms with van der Waals surface area (Å²) in [5.74, 6) is -0.213. The number of carbonyl (C=O) groups is 1. The Kier molecular flexibility index (Phi) is 4.35. The van der Waals surface area contributed by atoms with Gasteiger partial charge in [-0.15, -0.1) is 5.10 Å². The van der Waals surface area contributed by atoms with Crippen molar-refractivity contribution in [2.24, 2.45) is 5.92 Å². The fourth-order valence-corrected chi connectivity index (χ4v) is 2.34. The number of tetrazole rings is 1. The molecular weight excluding hydrogens is 272 g/mol. The number of rotatable bonds is 6. The van der Waals surface area contributed by atoms with Crippen molar-refractivity contribution in [2.45, 2.75) is 46.7 Å². The minimum absolute atomic E-state index is 0.0189. The van der Waals surface area contributed by atoms with Gasteiger partial charge in [-0.05, 0) is 36.3 Å². The number of carboxylic acid groups (broad SMARTS) is 1. The summed E-state index contributed by atoms with van der Waals surface area (Å²) in [5, 5.41) is 25.3. The Balaban J connectivity index is 2.47. The highest BCUT2D eigenvalue weighted by atomic mass is 16.4. The maximum atomic E-state index is 11.1. The molecule has 0 spiro atoms. The molecule has 1 N–H and O–H groups in total. The maximum Gasteiger partial charge on any atom is 0.305 e. The minimum Gasteiger partial charge on any atom is -0.481 e. The Morgan fingerprint density at radius 3 is 2.71 bits per heavy atom. The Labute approximate surface area is 122 Å². The number of nitrogens with zero attached hydrogens (tertiary/aromatic N) is 6. The molecule has 2 aromatic heterocycles. The zero-order valence-electron chi connectivity index (χ0n) is 12.7. The minimum atomic E-state index is -0.865. The molecule has 0 saturated heterocycles. The van der Waals surface area contributed by atoms with Crippen LogP contribution < -0.4 is 0 Å². The number of aromatic nitrogens is 6. The van der Waals surface area contributed by atoms with E-state index in [1.54, 1.807) is 4.68 Å². The zero-order chi connectivity index (χ0) is 15.6. The standard InChI is InChI=1S/C13H20N6O2/c1-5-18-11(6-9(4)15-18)13-14-16-17-19(13)10(8(2)3)7-12(20)21/h6,8,10H,5,7H2,1-4H3,(H,20,21). The molecule has 0 aliphatic rings. The predicted octanol–water partition coefficient (Wildman–Crippen LogP) is 1.54. The van der Waals surface area contributed by atoms with Crippen LogP contribution in [-0.4, -0.2) is 41.1 Å². The molecule has 0 aromatic carbocycles. The van der Waals surface area contributed by atoms with Crippen LogP contribution in [0.25, 0.3) is 11.5 Å². The molecule has 0 aliphatic carbocycles. The van der Waals surface area contributed by atoms with Gasteiger partial charge in [-0.1, -0.05) is 13.8 Å². The van der Waals surface area contributed by atoms with Crippen LogP contribution in [0.1, 0.15) is 38.9 Å². The van der Waals surface area contributed by atoms with Gasteiger partial charge in [-0.3, -0.25) is 9.48 Å². The van der Waals surface area contributed by atoms with Crippen LogP contribution in [-0.2, 0) is 11.3 Å². The molecule has 0 fully saturated rings. The molecule has 1 unspecified atom stereocenters. The highest BCUT2D eigenvalue weighted by Crippen LogP contribution is 2.26. The first-order valence-electron chi connectivity index (χ1n) is 6.98. The second kappa shape index (κ2) is 6.02. The van der Waals surface area contributed by atoms with E-state index in [4.69, 9.17) is 5.11 Å². The topological polar surface area (TPSA) is 98.7 Å². The average Bonchev–Trinajstić information content (AvgIpc) is 3.00. The van der Waals surface area contributed by atoms with Gasteiger partial charge in [0.15, 0.2) is 0 Å². The Morgan fingerprint density at radius 1 is 1.43 bits per heavy atom. The Bertz CT molecular complexity index is 630. The van der Waals surface area contributed by atoms with Crippen molar-refractivity contribution >= 4 is 5.97 Å². The molecule has 8 nitrogen and oxygen atoms in total. The lowest BCUT2D eigenvalue weighted by Gasteiger charge is -2.20. The number of aryl methyl sites for hydroxylation is 2. The van der Waals surface area contributed by atoms with Crippen molar-refractivity contribution in [2.75, 3.05) is 0 Å². The molecule has 0 radical (unpaired) electrons. The summed E-state index contributed by atoms with van der Waals surface area (Å²) in [6.07, 6.45) is -0.0189. The summed E-state index contributed by atoms with van der Waals surface area (Å²) in [4.78, 5) is 11.1. The van der Waals surface area contributed by atoms with E-state index in [1.165, 1.54) is 0 Å². The summed E-state index contributed by atoms with van der Waals surface area (Å²) in [6.45, 7) is 8.51. The van der Waals surface area contributed by atoms with E-state index in [-0.39, 0.29) is 18.4 Å².